The molecule has 2 fully saturated rings. The zero-order chi connectivity index (χ0) is 12.1. The van der Waals surface area contributed by atoms with Gasteiger partial charge in [0.05, 0.1) is 0 Å². The van der Waals surface area contributed by atoms with Gasteiger partial charge < -0.3 is 4.90 Å². The molecule has 94 valence electrons. The van der Waals surface area contributed by atoms with Crippen LogP contribution in [-0.2, 0) is 0 Å². The van der Waals surface area contributed by atoms with Crippen LogP contribution in [0.4, 0.5) is 5.69 Å². The predicted molar refractivity (Wildman–Crippen MR) is 75.6 cm³/mol. The Labute approximate surface area is 106 Å². The number of hydrogen-bond acceptors (Lipinski definition) is 1. The third-order valence-corrected chi connectivity index (χ3v) is 3.78. The molecule has 17 heavy (non-hydrogen) atoms. The first kappa shape index (κ1) is 12.5. The third kappa shape index (κ3) is 4.07. The first-order valence-corrected chi connectivity index (χ1v) is 7.11. The van der Waals surface area contributed by atoms with E-state index in [1.807, 2.05) is 0 Å². The van der Waals surface area contributed by atoms with Crippen LogP contribution < -0.4 is 4.90 Å². The fourth-order valence-corrected chi connectivity index (χ4v) is 2.26. The molecule has 1 heteroatoms. The van der Waals surface area contributed by atoms with Gasteiger partial charge in [-0.15, -0.1) is 0 Å². The molecule has 0 spiro atoms. The van der Waals surface area contributed by atoms with E-state index >= 15 is 0 Å². The Morgan fingerprint density at radius 2 is 1.65 bits per heavy atom. The average Bonchev–Trinajstić information content (AvgIpc) is 3.05. The Bertz CT molecular complexity index is 318. The van der Waals surface area contributed by atoms with Crippen LogP contribution in [0.3, 0.4) is 0 Å². The zero-order valence-electron chi connectivity index (χ0n) is 11.3. The van der Waals surface area contributed by atoms with Crippen LogP contribution in [0.15, 0.2) is 24.3 Å². The number of benzene rings is 1. The summed E-state index contributed by atoms with van der Waals surface area (Å²) in [4.78, 5) is 2.46. The maximum atomic E-state index is 2.46. The van der Waals surface area contributed by atoms with E-state index in [0.29, 0.717) is 0 Å². The molecule has 1 aliphatic heterocycles. The Morgan fingerprint density at radius 3 is 2.06 bits per heavy atom. The van der Waals surface area contributed by atoms with Crippen LogP contribution in [0.5, 0.6) is 0 Å². The quantitative estimate of drug-likeness (QED) is 0.729. The molecule has 1 saturated carbocycles. The number of rotatable bonds is 2. The Morgan fingerprint density at radius 1 is 1.06 bits per heavy atom. The van der Waals surface area contributed by atoms with Crippen LogP contribution in [0.25, 0.3) is 0 Å². The fourth-order valence-electron chi connectivity index (χ4n) is 2.26. The molecule has 0 amide bonds. The minimum Gasteiger partial charge on any atom is -0.372 e. The van der Waals surface area contributed by atoms with E-state index in [9.17, 15) is 0 Å². The van der Waals surface area contributed by atoms with Crippen molar-refractivity contribution in [3.8, 4) is 0 Å². The van der Waals surface area contributed by atoms with Crippen LogP contribution in [0.1, 0.15) is 44.6 Å². The molecule has 1 nitrogen and oxygen atoms in total. The molecular weight excluding hydrogens is 206 g/mol. The minimum absolute atomic E-state index is 1.13. The molecule has 1 aromatic rings. The van der Waals surface area contributed by atoms with Crippen molar-refractivity contribution < 1.29 is 0 Å². The van der Waals surface area contributed by atoms with Crippen molar-refractivity contribution in [1.29, 1.82) is 0 Å². The van der Waals surface area contributed by atoms with Gasteiger partial charge in [-0.2, -0.15) is 0 Å². The van der Waals surface area contributed by atoms with Crippen LogP contribution in [-0.4, -0.2) is 13.1 Å². The third-order valence-electron chi connectivity index (χ3n) is 3.78. The second-order valence-electron chi connectivity index (χ2n) is 5.38. The zero-order valence-corrected chi connectivity index (χ0v) is 11.3. The molecule has 1 aliphatic carbocycles. The predicted octanol–water partition coefficient (Wildman–Crippen LogP) is 4.40. The van der Waals surface area contributed by atoms with Gasteiger partial charge in [-0.25, -0.2) is 0 Å². The van der Waals surface area contributed by atoms with Gasteiger partial charge in [-0.05, 0) is 37.8 Å². The lowest BCUT2D eigenvalue weighted by molar-refractivity contribution is 0.799. The first-order valence-electron chi connectivity index (χ1n) is 7.11. The highest BCUT2D eigenvalue weighted by molar-refractivity contribution is 5.48. The molecule has 1 saturated heterocycles. The largest absolute Gasteiger partial charge is 0.372 e. The molecule has 0 bridgehead atoms. The molecule has 2 aliphatic rings. The number of anilines is 1. The van der Waals surface area contributed by atoms with E-state index in [4.69, 9.17) is 0 Å². The summed E-state index contributed by atoms with van der Waals surface area (Å²) >= 11 is 0. The van der Waals surface area contributed by atoms with Crippen LogP contribution >= 0.6 is 0 Å². The summed E-state index contributed by atoms with van der Waals surface area (Å²) in [6, 6.07) is 8.82. The van der Waals surface area contributed by atoms with Crippen molar-refractivity contribution in [2.24, 2.45) is 5.92 Å². The summed E-state index contributed by atoms with van der Waals surface area (Å²) in [5.74, 6) is 1.13. The molecule has 0 aromatic heterocycles. The van der Waals surface area contributed by atoms with Crippen molar-refractivity contribution in [1.82, 2.24) is 0 Å². The van der Waals surface area contributed by atoms with E-state index in [0.717, 1.165) is 5.92 Å². The number of hydrogen-bond donors (Lipinski definition) is 0. The van der Waals surface area contributed by atoms with Gasteiger partial charge in [0, 0.05) is 18.8 Å². The van der Waals surface area contributed by atoms with Crippen LogP contribution in [0.2, 0.25) is 0 Å². The molecule has 0 radical (unpaired) electrons. The molecule has 0 unspecified atom stereocenters. The number of aryl methyl sites for hydroxylation is 1. The summed E-state index contributed by atoms with van der Waals surface area (Å²) in [5, 5.41) is 0. The summed E-state index contributed by atoms with van der Waals surface area (Å²) in [6.45, 7) is 6.87. The van der Waals surface area contributed by atoms with Gasteiger partial charge in [-0.3, -0.25) is 0 Å². The minimum atomic E-state index is 1.13. The van der Waals surface area contributed by atoms with Crippen molar-refractivity contribution in [2.45, 2.75) is 46.0 Å². The lowest BCUT2D eigenvalue weighted by Gasteiger charge is -2.17. The number of nitrogens with zero attached hydrogens (tertiary/aromatic N) is 1. The standard InChI is InChI=1S/C11H15N.C5H10/c1-10-4-6-11(7-5-10)12-8-2-3-9-12;1-2-5-3-4-5/h4-7H,2-3,8-9H2,1H3;5H,2-4H2,1H3. The molecule has 1 aromatic carbocycles. The van der Waals surface area contributed by atoms with E-state index in [-0.39, 0.29) is 0 Å². The van der Waals surface area contributed by atoms with E-state index in [1.165, 1.54) is 56.4 Å². The van der Waals surface area contributed by atoms with Crippen molar-refractivity contribution in [2.75, 3.05) is 18.0 Å². The highest BCUT2D eigenvalue weighted by Gasteiger charge is 2.17. The van der Waals surface area contributed by atoms with Crippen molar-refractivity contribution in [3.63, 3.8) is 0 Å². The van der Waals surface area contributed by atoms with Gasteiger partial charge in [0.15, 0.2) is 0 Å². The second kappa shape index (κ2) is 6.09. The average molecular weight is 231 g/mol. The molecular formula is C16H25N. The Balaban J connectivity index is 0.000000181. The molecule has 3 rings (SSSR count). The molecule has 0 N–H and O–H groups in total. The monoisotopic (exact) mass is 231 g/mol. The van der Waals surface area contributed by atoms with Crippen LogP contribution in [0, 0.1) is 12.8 Å². The maximum absolute atomic E-state index is 2.46. The van der Waals surface area contributed by atoms with Gasteiger partial charge in [0.2, 0.25) is 0 Å². The Hall–Kier alpha value is -0.980. The van der Waals surface area contributed by atoms with Crippen molar-refractivity contribution in [3.05, 3.63) is 29.8 Å². The first-order chi connectivity index (χ1) is 8.29. The lowest BCUT2D eigenvalue weighted by atomic mass is 10.2. The van der Waals surface area contributed by atoms with E-state index in [1.54, 1.807) is 0 Å². The van der Waals surface area contributed by atoms with E-state index in [2.05, 4.69) is 43.0 Å². The Kier molecular flexibility index (Phi) is 4.47. The summed E-state index contributed by atoms with van der Waals surface area (Å²) in [5.41, 5.74) is 2.73. The summed E-state index contributed by atoms with van der Waals surface area (Å²) in [7, 11) is 0. The van der Waals surface area contributed by atoms with Gasteiger partial charge in [0.25, 0.3) is 0 Å². The molecule has 1 heterocycles. The maximum Gasteiger partial charge on any atom is 0.0366 e. The van der Waals surface area contributed by atoms with E-state index < -0.39 is 0 Å². The topological polar surface area (TPSA) is 3.24 Å². The summed E-state index contributed by atoms with van der Waals surface area (Å²) in [6.07, 6.45) is 7.15. The molecule has 0 atom stereocenters. The smallest absolute Gasteiger partial charge is 0.0366 e. The van der Waals surface area contributed by atoms with Gasteiger partial charge in [-0.1, -0.05) is 43.9 Å². The van der Waals surface area contributed by atoms with Gasteiger partial charge >= 0.3 is 0 Å². The van der Waals surface area contributed by atoms with Gasteiger partial charge in [0.1, 0.15) is 0 Å². The highest BCUT2D eigenvalue weighted by Crippen LogP contribution is 2.31. The fraction of sp³-hybridized carbons (Fsp3) is 0.625. The second-order valence-corrected chi connectivity index (χ2v) is 5.38. The highest BCUT2D eigenvalue weighted by atomic mass is 15.1. The normalized spacial score (nSPS) is 18.8. The summed E-state index contributed by atoms with van der Waals surface area (Å²) < 4.78 is 0. The SMILES string of the molecule is CCC1CC1.Cc1ccc(N2CCCC2)cc1. The van der Waals surface area contributed by atoms with Crippen molar-refractivity contribution >= 4 is 5.69 Å². The lowest BCUT2D eigenvalue weighted by Crippen LogP contribution is -2.17.